The number of anilines is 1. The Kier molecular flexibility index (Phi) is 5.14. The third kappa shape index (κ3) is 4.06. The average molecular weight is 360 g/mol. The molecule has 0 aromatic heterocycles. The minimum Gasteiger partial charge on any atom is -0.322 e. The van der Waals surface area contributed by atoms with Gasteiger partial charge >= 0.3 is 0 Å². The third-order valence-electron chi connectivity index (χ3n) is 3.57. The minimum absolute atomic E-state index is 0.129. The van der Waals surface area contributed by atoms with E-state index >= 15 is 0 Å². The summed E-state index contributed by atoms with van der Waals surface area (Å²) < 4.78 is 26.6. The normalized spacial score (nSPS) is 14.2. The number of thioether (sulfide) groups is 1. The Hall–Kier alpha value is -2.67. The number of benzene rings is 2. The number of carbonyl (C=O) groups is 2. The number of carbonyl (C=O) groups excluding carboxylic acids is 2. The first-order valence-electron chi connectivity index (χ1n) is 7.47. The van der Waals surface area contributed by atoms with Crippen molar-refractivity contribution in [2.45, 2.75) is 0 Å². The molecular weight excluding hydrogens is 346 g/mol. The Morgan fingerprint density at radius 1 is 1.16 bits per heavy atom. The van der Waals surface area contributed by atoms with Gasteiger partial charge in [-0.15, -0.1) is 11.8 Å². The molecule has 0 bridgehead atoms. The molecule has 0 spiro atoms. The molecule has 1 aliphatic heterocycles. The van der Waals surface area contributed by atoms with Gasteiger partial charge in [0.2, 0.25) is 11.8 Å². The molecule has 128 valence electrons. The second kappa shape index (κ2) is 7.48. The Balaban J connectivity index is 1.77. The molecule has 2 aromatic carbocycles. The first-order valence-corrected chi connectivity index (χ1v) is 8.52. The van der Waals surface area contributed by atoms with Gasteiger partial charge in [0.1, 0.15) is 18.2 Å². The molecule has 0 saturated carbocycles. The lowest BCUT2D eigenvalue weighted by Gasteiger charge is -2.28. The van der Waals surface area contributed by atoms with Gasteiger partial charge in [0, 0.05) is 6.07 Å². The lowest BCUT2D eigenvalue weighted by molar-refractivity contribution is -0.129. The summed E-state index contributed by atoms with van der Waals surface area (Å²) in [5.41, 5.74) is 1.30. The quantitative estimate of drug-likeness (QED) is 0.908. The molecular formula is C18H14F2N2O2S. The largest absolute Gasteiger partial charge is 0.322 e. The van der Waals surface area contributed by atoms with Gasteiger partial charge in [-0.3, -0.25) is 9.59 Å². The summed E-state index contributed by atoms with van der Waals surface area (Å²) in [7, 11) is 0. The molecule has 0 atom stereocenters. The summed E-state index contributed by atoms with van der Waals surface area (Å²) in [6, 6.07) is 12.1. The van der Waals surface area contributed by atoms with E-state index < -0.39 is 17.5 Å². The van der Waals surface area contributed by atoms with Gasteiger partial charge in [-0.1, -0.05) is 30.3 Å². The van der Waals surface area contributed by atoms with Crippen molar-refractivity contribution < 1.29 is 18.4 Å². The van der Waals surface area contributed by atoms with Crippen LogP contribution in [0.5, 0.6) is 0 Å². The van der Waals surface area contributed by atoms with Gasteiger partial charge in [-0.05, 0) is 23.1 Å². The Morgan fingerprint density at radius 2 is 1.92 bits per heavy atom. The summed E-state index contributed by atoms with van der Waals surface area (Å²) in [6.07, 6.45) is 0. The van der Waals surface area contributed by atoms with Crippen LogP contribution in [0.1, 0.15) is 5.56 Å². The molecule has 0 unspecified atom stereocenters. The highest BCUT2D eigenvalue weighted by atomic mass is 32.2. The monoisotopic (exact) mass is 360 g/mol. The predicted molar refractivity (Wildman–Crippen MR) is 93.6 cm³/mol. The average Bonchev–Trinajstić information content (AvgIpc) is 2.60. The van der Waals surface area contributed by atoms with Crippen molar-refractivity contribution in [2.24, 2.45) is 0 Å². The van der Waals surface area contributed by atoms with Crippen LogP contribution in [0.4, 0.5) is 14.5 Å². The Bertz CT molecular complexity index is 840. The van der Waals surface area contributed by atoms with Crippen LogP contribution in [0.2, 0.25) is 0 Å². The van der Waals surface area contributed by atoms with Crippen molar-refractivity contribution in [1.82, 2.24) is 4.90 Å². The number of amides is 2. The third-order valence-corrected chi connectivity index (χ3v) is 4.37. The zero-order valence-electron chi connectivity index (χ0n) is 13.0. The summed E-state index contributed by atoms with van der Waals surface area (Å²) in [6.45, 7) is -0.253. The molecule has 2 aromatic rings. The molecule has 1 aliphatic rings. The predicted octanol–water partition coefficient (Wildman–Crippen LogP) is 3.48. The van der Waals surface area contributed by atoms with Gasteiger partial charge < -0.3 is 10.2 Å². The van der Waals surface area contributed by atoms with E-state index in [1.807, 2.05) is 35.7 Å². The molecule has 3 rings (SSSR count). The highest BCUT2D eigenvalue weighted by Gasteiger charge is 2.25. The van der Waals surface area contributed by atoms with E-state index in [9.17, 15) is 18.4 Å². The van der Waals surface area contributed by atoms with Crippen molar-refractivity contribution in [3.05, 3.63) is 71.1 Å². The fraction of sp³-hybridized carbons (Fsp3) is 0.111. The molecule has 1 N–H and O–H groups in total. The molecule has 25 heavy (non-hydrogen) atoms. The molecule has 4 nitrogen and oxygen atoms in total. The van der Waals surface area contributed by atoms with E-state index in [0.29, 0.717) is 11.8 Å². The van der Waals surface area contributed by atoms with Gasteiger partial charge in [0.05, 0.1) is 17.1 Å². The lowest BCUT2D eigenvalue weighted by atomic mass is 10.1. The van der Waals surface area contributed by atoms with Crippen LogP contribution >= 0.6 is 11.8 Å². The number of halogens is 2. The van der Waals surface area contributed by atoms with Gasteiger partial charge in [-0.2, -0.15) is 0 Å². The number of hydrogen-bond acceptors (Lipinski definition) is 3. The molecule has 0 aliphatic carbocycles. The van der Waals surface area contributed by atoms with Crippen LogP contribution < -0.4 is 5.32 Å². The lowest BCUT2D eigenvalue weighted by Crippen LogP contribution is -2.39. The van der Waals surface area contributed by atoms with Gasteiger partial charge in [0.25, 0.3) is 0 Å². The SMILES string of the molecule is O=C(CN1C(=O)CSC=C1c1ccccc1)Nc1ccc(F)cc1F. The van der Waals surface area contributed by atoms with Crippen LogP contribution in [0, 0.1) is 11.6 Å². The maximum Gasteiger partial charge on any atom is 0.244 e. The summed E-state index contributed by atoms with van der Waals surface area (Å²) >= 11 is 1.36. The van der Waals surface area contributed by atoms with E-state index in [0.717, 1.165) is 17.7 Å². The summed E-state index contributed by atoms with van der Waals surface area (Å²) in [5.74, 6) is -2.14. The van der Waals surface area contributed by atoms with Crippen LogP contribution in [0.25, 0.3) is 5.70 Å². The first-order chi connectivity index (χ1) is 12.0. The van der Waals surface area contributed by atoms with Crippen molar-refractivity contribution in [1.29, 1.82) is 0 Å². The van der Waals surface area contributed by atoms with Crippen LogP contribution in [0.15, 0.2) is 53.9 Å². The highest BCUT2D eigenvalue weighted by molar-refractivity contribution is 8.03. The fourth-order valence-electron chi connectivity index (χ4n) is 2.40. The molecule has 1 heterocycles. The molecule has 0 fully saturated rings. The Morgan fingerprint density at radius 3 is 2.64 bits per heavy atom. The number of nitrogens with one attached hydrogen (secondary N) is 1. The Labute approximate surface area is 147 Å². The maximum atomic E-state index is 13.7. The van der Waals surface area contributed by atoms with Crippen molar-refractivity contribution >= 4 is 35.0 Å². The summed E-state index contributed by atoms with van der Waals surface area (Å²) in [5, 5.41) is 4.19. The van der Waals surface area contributed by atoms with E-state index in [1.54, 1.807) is 0 Å². The van der Waals surface area contributed by atoms with E-state index in [2.05, 4.69) is 5.32 Å². The van der Waals surface area contributed by atoms with Crippen LogP contribution in [-0.4, -0.2) is 29.0 Å². The molecule has 2 amide bonds. The van der Waals surface area contributed by atoms with E-state index in [1.165, 1.54) is 16.7 Å². The summed E-state index contributed by atoms with van der Waals surface area (Å²) in [4.78, 5) is 25.8. The highest BCUT2D eigenvalue weighted by Crippen LogP contribution is 2.28. The second-order valence-corrected chi connectivity index (χ2v) is 6.19. The second-order valence-electron chi connectivity index (χ2n) is 5.33. The standard InChI is InChI=1S/C18H14F2N2O2S/c19-13-6-7-15(14(20)8-13)21-17(23)9-22-16(10-25-11-18(22)24)12-4-2-1-3-5-12/h1-8,10H,9,11H2,(H,21,23). The number of nitrogens with zero attached hydrogens (tertiary/aromatic N) is 1. The molecule has 0 saturated heterocycles. The smallest absolute Gasteiger partial charge is 0.244 e. The van der Waals surface area contributed by atoms with Gasteiger partial charge in [-0.25, -0.2) is 8.78 Å². The van der Waals surface area contributed by atoms with Crippen LogP contribution in [-0.2, 0) is 9.59 Å². The zero-order chi connectivity index (χ0) is 17.8. The van der Waals surface area contributed by atoms with Crippen molar-refractivity contribution in [3.8, 4) is 0 Å². The van der Waals surface area contributed by atoms with Crippen molar-refractivity contribution in [3.63, 3.8) is 0 Å². The topological polar surface area (TPSA) is 49.4 Å². The number of rotatable bonds is 4. The van der Waals surface area contributed by atoms with E-state index in [4.69, 9.17) is 0 Å². The zero-order valence-corrected chi connectivity index (χ0v) is 13.9. The molecule has 7 heteroatoms. The minimum atomic E-state index is -0.868. The van der Waals surface area contributed by atoms with Crippen molar-refractivity contribution in [2.75, 3.05) is 17.6 Å². The maximum absolute atomic E-state index is 13.7. The van der Waals surface area contributed by atoms with Crippen LogP contribution in [0.3, 0.4) is 0 Å². The first kappa shape index (κ1) is 17.2. The number of hydrogen-bond donors (Lipinski definition) is 1. The molecule has 0 radical (unpaired) electrons. The fourth-order valence-corrected chi connectivity index (χ4v) is 3.20. The van der Waals surface area contributed by atoms with Gasteiger partial charge in [0.15, 0.2) is 0 Å². The van der Waals surface area contributed by atoms with E-state index in [-0.39, 0.29) is 23.9 Å².